The van der Waals surface area contributed by atoms with Gasteiger partial charge >= 0.3 is 0 Å². The molecule has 6 heteroatoms. The van der Waals surface area contributed by atoms with Crippen LogP contribution in [0.15, 0.2) is 0 Å². The van der Waals surface area contributed by atoms with Crippen LogP contribution in [0.5, 0.6) is 0 Å². The maximum Gasteiger partial charge on any atom is 0.127 e. The van der Waals surface area contributed by atoms with Gasteiger partial charge in [0, 0.05) is 32.7 Å². The van der Waals surface area contributed by atoms with Crippen LogP contribution in [0.3, 0.4) is 0 Å². The molecule has 0 saturated heterocycles. The van der Waals surface area contributed by atoms with Crippen LogP contribution < -0.4 is 0 Å². The fourth-order valence-corrected chi connectivity index (χ4v) is 1.55. The standard InChI is InChI=1S/C8H14O2.C7H12O2.C6H10O2/c1-3-8(10,4-2)6-5-7-9;1-3-7(9,4-2)5-6-8;1-3-6(2,8)4-5-7/h1,9-10H,4-7H2,2H3;1,8-9H,4-6H2,2H3;1,7-8H,4-5H2,2H3. The Morgan fingerprint density at radius 1 is 0.667 bits per heavy atom. The molecule has 3 atom stereocenters. The average Bonchev–Trinajstić information content (AvgIpc) is 2.67. The van der Waals surface area contributed by atoms with Crippen LogP contribution in [-0.4, -0.2) is 67.3 Å². The van der Waals surface area contributed by atoms with Crippen molar-refractivity contribution >= 4 is 0 Å². The van der Waals surface area contributed by atoms with Gasteiger partial charge in [-0.2, -0.15) is 0 Å². The van der Waals surface area contributed by atoms with E-state index in [4.69, 9.17) is 39.7 Å². The SMILES string of the molecule is C#CC(C)(O)CCO.C#CC(O)(CC)CCCO.C#CC(O)(CC)CCO. The van der Waals surface area contributed by atoms with E-state index in [1.165, 1.54) is 6.92 Å². The summed E-state index contributed by atoms with van der Waals surface area (Å²) in [5, 5.41) is 52.7. The minimum atomic E-state index is -1.13. The first-order valence-electron chi connectivity index (χ1n) is 8.92. The molecular weight excluding hydrogens is 348 g/mol. The van der Waals surface area contributed by atoms with Crippen molar-refractivity contribution in [3.63, 3.8) is 0 Å². The number of aliphatic hydroxyl groups is 6. The van der Waals surface area contributed by atoms with Crippen LogP contribution in [0.25, 0.3) is 0 Å². The number of hydrogen-bond acceptors (Lipinski definition) is 6. The smallest absolute Gasteiger partial charge is 0.127 e. The van der Waals surface area contributed by atoms with Crippen LogP contribution in [0.1, 0.15) is 59.3 Å². The Morgan fingerprint density at radius 3 is 1.26 bits per heavy atom. The van der Waals surface area contributed by atoms with Gasteiger partial charge in [0.25, 0.3) is 0 Å². The first-order chi connectivity index (χ1) is 12.5. The largest absolute Gasteiger partial charge is 0.396 e. The molecule has 0 rings (SSSR count). The van der Waals surface area contributed by atoms with Crippen molar-refractivity contribution in [2.75, 3.05) is 19.8 Å². The second-order valence-electron chi connectivity index (χ2n) is 6.25. The molecule has 6 nitrogen and oxygen atoms in total. The summed E-state index contributed by atoms with van der Waals surface area (Å²) in [6, 6.07) is 0. The van der Waals surface area contributed by atoms with Crippen molar-refractivity contribution in [3.05, 3.63) is 0 Å². The van der Waals surface area contributed by atoms with Crippen LogP contribution in [0.4, 0.5) is 0 Å². The first-order valence-corrected chi connectivity index (χ1v) is 8.92. The molecule has 0 heterocycles. The maximum absolute atomic E-state index is 9.41. The van der Waals surface area contributed by atoms with E-state index in [1.54, 1.807) is 6.92 Å². The third kappa shape index (κ3) is 17.6. The van der Waals surface area contributed by atoms with Crippen LogP contribution in [0.2, 0.25) is 0 Å². The summed E-state index contributed by atoms with van der Waals surface area (Å²) in [7, 11) is 0. The molecule has 0 spiro atoms. The Labute approximate surface area is 164 Å². The zero-order valence-corrected chi connectivity index (χ0v) is 16.8. The van der Waals surface area contributed by atoms with Gasteiger partial charge in [0.15, 0.2) is 0 Å². The minimum Gasteiger partial charge on any atom is -0.396 e. The molecule has 0 aliphatic rings. The third-order valence-corrected chi connectivity index (χ3v) is 3.89. The molecule has 0 aromatic heterocycles. The molecule has 0 bridgehead atoms. The highest BCUT2D eigenvalue weighted by Crippen LogP contribution is 2.15. The molecular formula is C21H36O6. The predicted octanol–water partition coefficient (Wildman–Crippen LogP) is 0.429. The molecule has 0 amide bonds. The number of aliphatic hydroxyl groups excluding tert-OH is 3. The van der Waals surface area contributed by atoms with Crippen LogP contribution in [0, 0.1) is 37.0 Å². The van der Waals surface area contributed by atoms with E-state index in [1.807, 2.05) is 6.92 Å². The summed E-state index contributed by atoms with van der Waals surface area (Å²) >= 11 is 0. The highest BCUT2D eigenvalue weighted by atomic mass is 16.3. The van der Waals surface area contributed by atoms with Gasteiger partial charge in [0.1, 0.15) is 16.8 Å². The van der Waals surface area contributed by atoms with E-state index in [0.29, 0.717) is 25.7 Å². The van der Waals surface area contributed by atoms with Gasteiger partial charge in [-0.15, -0.1) is 19.3 Å². The van der Waals surface area contributed by atoms with Gasteiger partial charge in [-0.3, -0.25) is 0 Å². The molecule has 0 aromatic carbocycles. The lowest BCUT2D eigenvalue weighted by Crippen LogP contribution is -2.26. The molecule has 0 radical (unpaired) electrons. The molecule has 0 aromatic rings. The van der Waals surface area contributed by atoms with Crippen molar-refractivity contribution in [1.82, 2.24) is 0 Å². The van der Waals surface area contributed by atoms with Gasteiger partial charge in [0.2, 0.25) is 0 Å². The highest BCUT2D eigenvalue weighted by molar-refractivity contribution is 5.06. The van der Waals surface area contributed by atoms with Crippen molar-refractivity contribution in [2.24, 2.45) is 0 Å². The summed E-state index contributed by atoms with van der Waals surface area (Å²) in [5.74, 6) is 6.67. The minimum absolute atomic E-state index is 0.0610. The lowest BCUT2D eigenvalue weighted by atomic mass is 9.96. The summed E-state index contributed by atoms with van der Waals surface area (Å²) in [4.78, 5) is 0. The number of terminal acetylenes is 3. The zero-order chi connectivity index (χ0) is 22.0. The molecule has 0 aliphatic heterocycles. The van der Waals surface area contributed by atoms with Crippen LogP contribution in [-0.2, 0) is 0 Å². The maximum atomic E-state index is 9.41. The molecule has 0 aliphatic carbocycles. The monoisotopic (exact) mass is 384 g/mol. The third-order valence-electron chi connectivity index (χ3n) is 3.89. The topological polar surface area (TPSA) is 121 Å². The van der Waals surface area contributed by atoms with Crippen LogP contribution >= 0.6 is 0 Å². The van der Waals surface area contributed by atoms with Crippen molar-refractivity contribution < 1.29 is 30.6 Å². The Bertz CT molecular complexity index is 482. The second-order valence-corrected chi connectivity index (χ2v) is 6.25. The highest BCUT2D eigenvalue weighted by Gasteiger charge is 2.20. The lowest BCUT2D eigenvalue weighted by Gasteiger charge is -2.18. The fourth-order valence-electron chi connectivity index (χ4n) is 1.55. The van der Waals surface area contributed by atoms with Crippen molar-refractivity contribution in [3.8, 4) is 37.0 Å². The Kier molecular flexibility index (Phi) is 18.6. The molecule has 0 saturated carbocycles. The van der Waals surface area contributed by atoms with E-state index >= 15 is 0 Å². The van der Waals surface area contributed by atoms with Gasteiger partial charge in [-0.25, -0.2) is 0 Å². The average molecular weight is 385 g/mol. The van der Waals surface area contributed by atoms with E-state index in [9.17, 15) is 10.2 Å². The molecule has 6 N–H and O–H groups in total. The van der Waals surface area contributed by atoms with Gasteiger partial charge in [0.05, 0.1) is 0 Å². The molecule has 3 unspecified atom stereocenters. The summed E-state index contributed by atoms with van der Waals surface area (Å²) in [6.45, 7) is 5.06. The second kappa shape index (κ2) is 16.6. The molecule has 27 heavy (non-hydrogen) atoms. The fraction of sp³-hybridized carbons (Fsp3) is 0.714. The zero-order valence-electron chi connectivity index (χ0n) is 16.8. The predicted molar refractivity (Wildman–Crippen MR) is 107 cm³/mol. The van der Waals surface area contributed by atoms with Crippen molar-refractivity contribution in [1.29, 1.82) is 0 Å². The van der Waals surface area contributed by atoms with Gasteiger partial charge < -0.3 is 30.6 Å². The van der Waals surface area contributed by atoms with E-state index in [-0.39, 0.29) is 32.7 Å². The number of hydrogen-bond donors (Lipinski definition) is 6. The molecule has 156 valence electrons. The van der Waals surface area contributed by atoms with Gasteiger partial charge in [-0.05, 0) is 32.6 Å². The number of rotatable bonds is 9. The van der Waals surface area contributed by atoms with E-state index in [0.717, 1.165) is 0 Å². The summed E-state index contributed by atoms with van der Waals surface area (Å²) in [6.07, 6.45) is 17.5. The normalized spacial score (nSPS) is 16.2. The molecule has 0 fully saturated rings. The van der Waals surface area contributed by atoms with Crippen molar-refractivity contribution in [2.45, 2.75) is 76.1 Å². The summed E-state index contributed by atoms with van der Waals surface area (Å²) in [5.41, 5.74) is -3.22. The van der Waals surface area contributed by atoms with E-state index in [2.05, 4.69) is 17.8 Å². The van der Waals surface area contributed by atoms with Gasteiger partial charge in [-0.1, -0.05) is 31.6 Å². The summed E-state index contributed by atoms with van der Waals surface area (Å²) < 4.78 is 0. The van der Waals surface area contributed by atoms with E-state index < -0.39 is 16.8 Å². The quantitative estimate of drug-likeness (QED) is 0.321. The lowest BCUT2D eigenvalue weighted by molar-refractivity contribution is 0.0667. The Hall–Kier alpha value is -1.56. The Balaban J connectivity index is -0.000000322. The first kappa shape index (κ1) is 30.2. The Morgan fingerprint density at radius 2 is 1.07 bits per heavy atom.